The van der Waals surface area contributed by atoms with Crippen molar-refractivity contribution in [2.45, 2.75) is 6.92 Å². The van der Waals surface area contributed by atoms with Crippen molar-refractivity contribution >= 4 is 27.0 Å². The molecule has 0 aliphatic rings. The first kappa shape index (κ1) is 11.7. The van der Waals surface area contributed by atoms with Gasteiger partial charge in [-0.15, -0.1) is 0 Å². The van der Waals surface area contributed by atoms with Crippen molar-refractivity contribution in [3.05, 3.63) is 12.2 Å². The monoisotopic (exact) mass is 210 g/mol. The second-order valence-corrected chi connectivity index (χ2v) is 4.84. The highest BCUT2D eigenvalue weighted by molar-refractivity contribution is 8.14. The topological polar surface area (TPSA) is 71.4 Å². The van der Waals surface area contributed by atoms with Gasteiger partial charge in [-0.3, -0.25) is 9.35 Å². The maximum Gasteiger partial charge on any atom is 0.265 e. The molecule has 0 bridgehead atoms. The minimum atomic E-state index is -3.95. The maximum atomic E-state index is 10.8. The van der Waals surface area contributed by atoms with Crippen LogP contribution in [-0.2, 0) is 14.9 Å². The Kier molecular flexibility index (Phi) is 4.51. The molecule has 0 fully saturated rings. The number of thioether (sulfide) groups is 1. The molecule has 4 nitrogen and oxygen atoms in total. The van der Waals surface area contributed by atoms with Crippen molar-refractivity contribution in [3.63, 3.8) is 0 Å². The highest BCUT2D eigenvalue weighted by Gasteiger charge is 2.07. The van der Waals surface area contributed by atoms with Crippen molar-refractivity contribution in [1.82, 2.24) is 0 Å². The fourth-order valence-corrected chi connectivity index (χ4v) is 1.97. The maximum absolute atomic E-state index is 10.8. The lowest BCUT2D eigenvalue weighted by Gasteiger charge is -1.97. The summed E-state index contributed by atoms with van der Waals surface area (Å²) in [7, 11) is -3.95. The Morgan fingerprint density at radius 3 is 2.42 bits per heavy atom. The largest absolute Gasteiger partial charge is 0.286 e. The van der Waals surface area contributed by atoms with Crippen molar-refractivity contribution in [1.29, 1.82) is 0 Å². The average Bonchev–Trinajstić information content (AvgIpc) is 1.84. The van der Waals surface area contributed by atoms with E-state index in [9.17, 15) is 13.2 Å². The molecule has 0 aliphatic carbocycles. The third kappa shape index (κ3) is 6.38. The molecule has 1 N–H and O–H groups in total. The quantitative estimate of drug-likeness (QED) is 0.546. The normalized spacial score (nSPS) is 11.2. The van der Waals surface area contributed by atoms with E-state index in [2.05, 4.69) is 6.58 Å². The molecule has 0 saturated heterocycles. The molecule has 0 atom stereocenters. The lowest BCUT2D eigenvalue weighted by Crippen LogP contribution is -2.07. The van der Waals surface area contributed by atoms with Gasteiger partial charge in [0.1, 0.15) is 0 Å². The minimum Gasteiger partial charge on any atom is -0.286 e. The standard InChI is InChI=1S/C6H10O4S2/c1-5(2)6(7)11-3-4-12(8,9)10/h1,3-4H2,2H3,(H,8,9,10). The highest BCUT2D eigenvalue weighted by atomic mass is 32.2. The van der Waals surface area contributed by atoms with E-state index in [0.29, 0.717) is 5.57 Å². The molecule has 0 unspecified atom stereocenters. The molecule has 0 amide bonds. The molecule has 70 valence electrons. The second kappa shape index (κ2) is 4.64. The zero-order chi connectivity index (χ0) is 9.78. The van der Waals surface area contributed by atoms with Gasteiger partial charge in [-0.1, -0.05) is 18.3 Å². The molecule has 0 aromatic rings. The zero-order valence-electron chi connectivity index (χ0n) is 6.61. The van der Waals surface area contributed by atoms with Gasteiger partial charge in [-0.05, 0) is 12.5 Å². The summed E-state index contributed by atoms with van der Waals surface area (Å²) in [4.78, 5) is 10.8. The lowest BCUT2D eigenvalue weighted by molar-refractivity contribution is -0.107. The third-order valence-electron chi connectivity index (χ3n) is 0.923. The summed E-state index contributed by atoms with van der Waals surface area (Å²) in [6.07, 6.45) is 0. The molecule has 0 saturated carbocycles. The molecule has 0 radical (unpaired) electrons. The molecule has 0 heterocycles. The van der Waals surface area contributed by atoms with Crippen LogP contribution in [0, 0.1) is 0 Å². The average molecular weight is 210 g/mol. The third-order valence-corrected chi connectivity index (χ3v) is 2.92. The summed E-state index contributed by atoms with van der Waals surface area (Å²) >= 11 is 0.834. The van der Waals surface area contributed by atoms with Gasteiger partial charge in [-0.2, -0.15) is 8.42 Å². The molecule has 0 spiro atoms. The molecular formula is C6H10O4S2. The van der Waals surface area contributed by atoms with Crippen LogP contribution in [-0.4, -0.2) is 29.6 Å². The van der Waals surface area contributed by atoms with E-state index in [0.717, 1.165) is 11.8 Å². The Hall–Kier alpha value is -0.330. The Labute approximate surface area is 75.8 Å². The summed E-state index contributed by atoms with van der Waals surface area (Å²) in [6, 6.07) is 0. The minimum absolute atomic E-state index is 0.0600. The van der Waals surface area contributed by atoms with E-state index in [1.165, 1.54) is 0 Å². The first-order valence-corrected chi connectivity index (χ1v) is 5.70. The predicted molar refractivity (Wildman–Crippen MR) is 48.7 cm³/mol. The zero-order valence-corrected chi connectivity index (χ0v) is 8.24. The van der Waals surface area contributed by atoms with Crippen LogP contribution in [0.15, 0.2) is 12.2 Å². The predicted octanol–water partition coefficient (Wildman–Crippen LogP) is 0.710. The van der Waals surface area contributed by atoms with E-state index < -0.39 is 15.9 Å². The molecular weight excluding hydrogens is 200 g/mol. The van der Waals surface area contributed by atoms with Gasteiger partial charge in [0, 0.05) is 5.75 Å². The van der Waals surface area contributed by atoms with E-state index >= 15 is 0 Å². The van der Waals surface area contributed by atoms with Crippen LogP contribution in [0.3, 0.4) is 0 Å². The highest BCUT2D eigenvalue weighted by Crippen LogP contribution is 2.08. The van der Waals surface area contributed by atoms with Crippen LogP contribution in [0.2, 0.25) is 0 Å². The number of hydrogen-bond donors (Lipinski definition) is 1. The number of carbonyl (C=O) groups excluding carboxylic acids is 1. The summed E-state index contributed by atoms with van der Waals surface area (Å²) in [5.41, 5.74) is 0.371. The Morgan fingerprint density at radius 2 is 2.08 bits per heavy atom. The van der Waals surface area contributed by atoms with Crippen LogP contribution in [0.4, 0.5) is 0 Å². The number of hydrogen-bond acceptors (Lipinski definition) is 4. The fourth-order valence-electron chi connectivity index (χ4n) is 0.363. The van der Waals surface area contributed by atoms with Crippen molar-refractivity contribution in [2.75, 3.05) is 11.5 Å². The van der Waals surface area contributed by atoms with Gasteiger partial charge in [0.25, 0.3) is 10.1 Å². The Bertz CT molecular complexity index is 278. The van der Waals surface area contributed by atoms with Crippen LogP contribution >= 0.6 is 11.8 Å². The van der Waals surface area contributed by atoms with Gasteiger partial charge in [0.2, 0.25) is 5.12 Å². The van der Waals surface area contributed by atoms with Gasteiger partial charge in [0.05, 0.1) is 5.75 Å². The molecule has 0 aromatic carbocycles. The second-order valence-electron chi connectivity index (χ2n) is 2.20. The van der Waals surface area contributed by atoms with Gasteiger partial charge >= 0.3 is 0 Å². The Balaban J connectivity index is 3.73. The van der Waals surface area contributed by atoms with Crippen LogP contribution < -0.4 is 0 Å². The fraction of sp³-hybridized carbons (Fsp3) is 0.500. The van der Waals surface area contributed by atoms with Gasteiger partial charge in [-0.25, -0.2) is 0 Å². The van der Waals surface area contributed by atoms with Crippen LogP contribution in [0.1, 0.15) is 6.92 Å². The van der Waals surface area contributed by atoms with E-state index in [1.807, 2.05) is 0 Å². The van der Waals surface area contributed by atoms with E-state index in [1.54, 1.807) is 6.92 Å². The number of rotatable bonds is 4. The summed E-state index contributed by atoms with van der Waals surface area (Å²) in [6.45, 7) is 4.93. The van der Waals surface area contributed by atoms with Crippen molar-refractivity contribution in [2.24, 2.45) is 0 Å². The van der Waals surface area contributed by atoms with Crippen LogP contribution in [0.5, 0.6) is 0 Å². The molecule has 0 rings (SSSR count). The first-order valence-electron chi connectivity index (χ1n) is 3.11. The number of carbonyl (C=O) groups is 1. The summed E-state index contributed by atoms with van der Waals surface area (Å²) < 4.78 is 28.7. The Morgan fingerprint density at radius 1 is 1.58 bits per heavy atom. The van der Waals surface area contributed by atoms with E-state index in [4.69, 9.17) is 4.55 Å². The smallest absolute Gasteiger partial charge is 0.265 e. The van der Waals surface area contributed by atoms with E-state index in [-0.39, 0.29) is 10.9 Å². The molecule has 6 heteroatoms. The summed E-state index contributed by atoms with van der Waals surface area (Å²) in [5, 5.41) is -0.251. The molecule has 12 heavy (non-hydrogen) atoms. The van der Waals surface area contributed by atoms with Crippen LogP contribution in [0.25, 0.3) is 0 Å². The SMILES string of the molecule is C=C(C)C(=O)SCCS(=O)(=O)O. The first-order chi connectivity index (χ1) is 5.33. The molecule has 0 aromatic heterocycles. The van der Waals surface area contributed by atoms with Crippen molar-refractivity contribution < 1.29 is 17.8 Å². The van der Waals surface area contributed by atoms with Crippen molar-refractivity contribution in [3.8, 4) is 0 Å². The lowest BCUT2D eigenvalue weighted by atomic mass is 10.4. The van der Waals surface area contributed by atoms with Gasteiger partial charge < -0.3 is 0 Å². The summed E-state index contributed by atoms with van der Waals surface area (Å²) in [5.74, 6) is -0.346. The van der Waals surface area contributed by atoms with Gasteiger partial charge in [0.15, 0.2) is 0 Å². The molecule has 0 aliphatic heterocycles.